The molecule has 106 valence electrons. The average molecular weight is 320 g/mol. The second kappa shape index (κ2) is 5.76. The van der Waals surface area contributed by atoms with Gasteiger partial charge in [-0.25, -0.2) is 0 Å². The lowest BCUT2D eigenvalue weighted by Crippen LogP contribution is -1.91. The molecule has 0 bridgehead atoms. The molecule has 0 atom stereocenters. The van der Waals surface area contributed by atoms with Crippen molar-refractivity contribution in [2.45, 2.75) is 6.42 Å². The van der Waals surface area contributed by atoms with Gasteiger partial charge in [-0.2, -0.15) is 4.98 Å². The molecule has 2 aromatic carbocycles. The molecule has 0 fully saturated rings. The summed E-state index contributed by atoms with van der Waals surface area (Å²) in [7, 11) is 0. The predicted octanol–water partition coefficient (Wildman–Crippen LogP) is 4.22. The number of benzene rings is 2. The van der Waals surface area contributed by atoms with Crippen molar-refractivity contribution in [2.75, 3.05) is 5.73 Å². The molecule has 0 saturated carbocycles. The van der Waals surface area contributed by atoms with E-state index < -0.39 is 0 Å². The normalized spacial score (nSPS) is 10.8. The van der Waals surface area contributed by atoms with E-state index in [4.69, 9.17) is 33.5 Å². The largest absolute Gasteiger partial charge is 0.399 e. The van der Waals surface area contributed by atoms with Crippen LogP contribution in [-0.2, 0) is 6.42 Å². The van der Waals surface area contributed by atoms with Crippen LogP contribution in [0.15, 0.2) is 47.0 Å². The van der Waals surface area contributed by atoms with Gasteiger partial charge >= 0.3 is 0 Å². The minimum absolute atomic E-state index is 0.396. The van der Waals surface area contributed by atoms with E-state index in [9.17, 15) is 0 Å². The number of nitrogen functional groups attached to an aromatic ring is 1. The van der Waals surface area contributed by atoms with Crippen LogP contribution in [0.2, 0.25) is 10.0 Å². The van der Waals surface area contributed by atoms with E-state index in [1.165, 1.54) is 0 Å². The monoisotopic (exact) mass is 319 g/mol. The molecule has 3 rings (SSSR count). The minimum atomic E-state index is 0.396. The van der Waals surface area contributed by atoms with Gasteiger partial charge in [0, 0.05) is 27.7 Å². The lowest BCUT2D eigenvalue weighted by molar-refractivity contribution is 0.424. The summed E-state index contributed by atoms with van der Waals surface area (Å²) in [6.07, 6.45) is 0.566. The fourth-order valence-electron chi connectivity index (χ4n) is 1.96. The summed E-state index contributed by atoms with van der Waals surface area (Å²) in [5, 5.41) is 5.19. The maximum absolute atomic E-state index is 5.97. The molecule has 0 radical (unpaired) electrons. The number of hydrogen-bond acceptors (Lipinski definition) is 4. The Morgan fingerprint density at radius 2 is 1.76 bits per heavy atom. The van der Waals surface area contributed by atoms with Crippen molar-refractivity contribution in [3.8, 4) is 11.5 Å². The summed E-state index contributed by atoms with van der Waals surface area (Å²) >= 11 is 11.8. The van der Waals surface area contributed by atoms with Crippen LogP contribution in [0.25, 0.3) is 11.5 Å². The fraction of sp³-hybridized carbons (Fsp3) is 0.0667. The third-order valence-electron chi connectivity index (χ3n) is 2.91. The molecule has 0 unspecified atom stereocenters. The zero-order chi connectivity index (χ0) is 14.8. The highest BCUT2D eigenvalue weighted by Crippen LogP contribution is 2.25. The smallest absolute Gasteiger partial charge is 0.258 e. The SMILES string of the molecule is Nc1cc(Cl)cc(-c2nc(Cc3ccc(Cl)cc3)no2)c1. The van der Waals surface area contributed by atoms with Gasteiger partial charge in [-0.3, -0.25) is 0 Å². The second-order valence-electron chi connectivity index (χ2n) is 4.59. The maximum Gasteiger partial charge on any atom is 0.258 e. The average Bonchev–Trinajstić information content (AvgIpc) is 2.89. The molecule has 0 spiro atoms. The first-order valence-corrected chi connectivity index (χ1v) is 6.99. The molecular formula is C15H11Cl2N3O. The van der Waals surface area contributed by atoms with Gasteiger partial charge < -0.3 is 10.3 Å². The van der Waals surface area contributed by atoms with Crippen LogP contribution in [-0.4, -0.2) is 10.1 Å². The van der Waals surface area contributed by atoms with Gasteiger partial charge in [0.05, 0.1) is 0 Å². The zero-order valence-electron chi connectivity index (χ0n) is 10.9. The quantitative estimate of drug-likeness (QED) is 0.734. The number of anilines is 1. The molecule has 4 nitrogen and oxygen atoms in total. The Labute approximate surface area is 131 Å². The molecule has 2 N–H and O–H groups in total. The Morgan fingerprint density at radius 3 is 2.48 bits per heavy atom. The van der Waals surface area contributed by atoms with Gasteiger partial charge in [0.2, 0.25) is 0 Å². The Kier molecular flexibility index (Phi) is 3.82. The molecule has 0 aliphatic carbocycles. The second-order valence-corrected chi connectivity index (χ2v) is 5.47. The van der Waals surface area contributed by atoms with E-state index >= 15 is 0 Å². The third-order valence-corrected chi connectivity index (χ3v) is 3.38. The van der Waals surface area contributed by atoms with Crippen molar-refractivity contribution in [1.82, 2.24) is 10.1 Å². The molecule has 0 saturated heterocycles. The maximum atomic E-state index is 5.97. The van der Waals surface area contributed by atoms with Crippen LogP contribution in [0, 0.1) is 0 Å². The van der Waals surface area contributed by atoms with Gasteiger partial charge in [-0.15, -0.1) is 0 Å². The van der Waals surface area contributed by atoms with Crippen molar-refractivity contribution >= 4 is 28.9 Å². The van der Waals surface area contributed by atoms with E-state index in [1.54, 1.807) is 18.2 Å². The van der Waals surface area contributed by atoms with Crippen molar-refractivity contribution in [2.24, 2.45) is 0 Å². The molecule has 0 aliphatic heterocycles. The zero-order valence-corrected chi connectivity index (χ0v) is 12.4. The van der Waals surface area contributed by atoms with Gasteiger partial charge in [0.15, 0.2) is 5.82 Å². The van der Waals surface area contributed by atoms with E-state index in [1.807, 2.05) is 24.3 Å². The summed E-state index contributed by atoms with van der Waals surface area (Å²) in [5.41, 5.74) is 8.06. The van der Waals surface area contributed by atoms with Crippen molar-refractivity contribution in [1.29, 1.82) is 0 Å². The molecule has 0 aliphatic rings. The summed E-state index contributed by atoms with van der Waals surface area (Å²) in [6.45, 7) is 0. The van der Waals surface area contributed by atoms with Crippen LogP contribution in [0.3, 0.4) is 0 Å². The first kappa shape index (κ1) is 13.9. The van der Waals surface area contributed by atoms with E-state index in [2.05, 4.69) is 10.1 Å². The number of hydrogen-bond donors (Lipinski definition) is 1. The van der Waals surface area contributed by atoms with Crippen molar-refractivity contribution < 1.29 is 4.52 Å². The Balaban J connectivity index is 1.84. The molecule has 0 amide bonds. The van der Waals surface area contributed by atoms with Crippen molar-refractivity contribution in [3.05, 3.63) is 63.9 Å². The lowest BCUT2D eigenvalue weighted by atomic mass is 10.1. The first-order chi connectivity index (χ1) is 10.1. The molecular weight excluding hydrogens is 309 g/mol. The minimum Gasteiger partial charge on any atom is -0.399 e. The number of halogens is 2. The number of rotatable bonds is 3. The highest BCUT2D eigenvalue weighted by atomic mass is 35.5. The molecule has 1 aromatic heterocycles. The molecule has 1 heterocycles. The van der Waals surface area contributed by atoms with Gasteiger partial charge in [-0.1, -0.05) is 40.5 Å². The third kappa shape index (κ3) is 3.35. The molecule has 3 aromatic rings. The fourth-order valence-corrected chi connectivity index (χ4v) is 2.33. The lowest BCUT2D eigenvalue weighted by Gasteiger charge is -1.98. The van der Waals surface area contributed by atoms with E-state index in [0.717, 1.165) is 5.56 Å². The standard InChI is InChI=1S/C15H11Cl2N3O/c16-11-3-1-9(2-4-11)5-14-19-15(21-20-14)10-6-12(17)8-13(18)7-10/h1-4,6-8H,5,18H2. The number of aromatic nitrogens is 2. The van der Waals surface area contributed by atoms with Gasteiger partial charge in [0.1, 0.15) is 0 Å². The van der Waals surface area contributed by atoms with Crippen LogP contribution in [0.1, 0.15) is 11.4 Å². The summed E-state index contributed by atoms with van der Waals surface area (Å²) in [5.74, 6) is 0.985. The Bertz CT molecular complexity index is 749. The van der Waals surface area contributed by atoms with Crippen LogP contribution in [0.4, 0.5) is 5.69 Å². The highest BCUT2D eigenvalue weighted by molar-refractivity contribution is 6.31. The van der Waals surface area contributed by atoms with E-state index in [-0.39, 0.29) is 0 Å². The van der Waals surface area contributed by atoms with Gasteiger partial charge in [0.25, 0.3) is 5.89 Å². The Morgan fingerprint density at radius 1 is 1.00 bits per heavy atom. The number of nitrogens with two attached hydrogens (primary N) is 1. The predicted molar refractivity (Wildman–Crippen MR) is 83.4 cm³/mol. The van der Waals surface area contributed by atoms with E-state index in [0.29, 0.717) is 39.4 Å². The summed E-state index contributed by atoms with van der Waals surface area (Å²) < 4.78 is 5.26. The van der Waals surface area contributed by atoms with Crippen LogP contribution >= 0.6 is 23.2 Å². The Hall–Kier alpha value is -2.04. The molecule has 21 heavy (non-hydrogen) atoms. The van der Waals surface area contributed by atoms with Crippen molar-refractivity contribution in [3.63, 3.8) is 0 Å². The summed E-state index contributed by atoms with van der Waals surface area (Å²) in [4.78, 5) is 4.36. The topological polar surface area (TPSA) is 64.9 Å². The highest BCUT2D eigenvalue weighted by Gasteiger charge is 2.10. The summed E-state index contributed by atoms with van der Waals surface area (Å²) in [6, 6.07) is 12.6. The van der Waals surface area contributed by atoms with Gasteiger partial charge in [-0.05, 0) is 35.9 Å². The first-order valence-electron chi connectivity index (χ1n) is 6.23. The number of nitrogens with zero attached hydrogens (tertiary/aromatic N) is 2. The molecule has 6 heteroatoms. The van der Waals surface area contributed by atoms with Crippen LogP contribution in [0.5, 0.6) is 0 Å². The van der Waals surface area contributed by atoms with Crippen LogP contribution < -0.4 is 5.73 Å².